The topological polar surface area (TPSA) is 66.4 Å². The fraction of sp³-hybridized carbons (Fsp3) is 0.529. The lowest BCUT2D eigenvalue weighted by molar-refractivity contribution is -0.142. The number of carboxylic acids is 1. The van der Waals surface area contributed by atoms with Crippen LogP contribution in [0.4, 0.5) is 0 Å². The van der Waals surface area contributed by atoms with Gasteiger partial charge in [0.25, 0.3) is 0 Å². The molecular formula is C17H25NO3S. The van der Waals surface area contributed by atoms with Crippen molar-refractivity contribution in [2.75, 3.05) is 11.5 Å². The Hall–Kier alpha value is -1.49. The Labute approximate surface area is 136 Å². The van der Waals surface area contributed by atoms with Crippen LogP contribution in [0.2, 0.25) is 0 Å². The molecule has 22 heavy (non-hydrogen) atoms. The molecule has 0 aliphatic heterocycles. The summed E-state index contributed by atoms with van der Waals surface area (Å²) < 4.78 is 0. The number of carbonyl (C=O) groups excluding carboxylic acids is 1. The van der Waals surface area contributed by atoms with Crippen LogP contribution in [-0.4, -0.2) is 28.5 Å². The van der Waals surface area contributed by atoms with Crippen LogP contribution >= 0.6 is 11.8 Å². The fourth-order valence-electron chi connectivity index (χ4n) is 2.00. The Morgan fingerprint density at radius 1 is 1.18 bits per heavy atom. The Morgan fingerprint density at radius 2 is 1.82 bits per heavy atom. The Kier molecular flexibility index (Phi) is 8.02. The van der Waals surface area contributed by atoms with Crippen molar-refractivity contribution in [2.45, 2.75) is 33.2 Å². The molecule has 1 aromatic carbocycles. The third kappa shape index (κ3) is 6.52. The summed E-state index contributed by atoms with van der Waals surface area (Å²) in [7, 11) is 0. The Morgan fingerprint density at radius 3 is 2.36 bits per heavy atom. The molecule has 1 amide bonds. The summed E-state index contributed by atoms with van der Waals surface area (Å²) in [6.45, 7) is 5.92. The van der Waals surface area contributed by atoms with Crippen LogP contribution in [0.5, 0.6) is 0 Å². The van der Waals surface area contributed by atoms with Crippen molar-refractivity contribution >= 4 is 23.6 Å². The molecule has 122 valence electrons. The van der Waals surface area contributed by atoms with Gasteiger partial charge in [-0.3, -0.25) is 9.59 Å². The van der Waals surface area contributed by atoms with Gasteiger partial charge in [0.2, 0.25) is 5.91 Å². The molecule has 0 saturated heterocycles. The van der Waals surface area contributed by atoms with E-state index in [1.165, 1.54) is 0 Å². The van der Waals surface area contributed by atoms with Gasteiger partial charge in [-0.2, -0.15) is 11.8 Å². The van der Waals surface area contributed by atoms with E-state index in [1.807, 2.05) is 30.3 Å². The van der Waals surface area contributed by atoms with Gasteiger partial charge in [-0.15, -0.1) is 0 Å². The van der Waals surface area contributed by atoms with E-state index in [2.05, 4.69) is 19.2 Å². The molecular weight excluding hydrogens is 298 g/mol. The maximum atomic E-state index is 12.1. The number of nitrogens with one attached hydrogen (secondary N) is 1. The van der Waals surface area contributed by atoms with Crippen LogP contribution in [0.15, 0.2) is 30.3 Å². The van der Waals surface area contributed by atoms with Crippen molar-refractivity contribution in [3.05, 3.63) is 35.9 Å². The minimum Gasteiger partial charge on any atom is -0.481 e. The van der Waals surface area contributed by atoms with Gasteiger partial charge >= 0.3 is 5.97 Å². The zero-order chi connectivity index (χ0) is 16.5. The van der Waals surface area contributed by atoms with Crippen molar-refractivity contribution < 1.29 is 14.7 Å². The minimum absolute atomic E-state index is 0.115. The first-order valence-corrected chi connectivity index (χ1v) is 8.72. The number of carboxylic acid groups (broad SMARTS) is 1. The molecule has 0 bridgehead atoms. The van der Waals surface area contributed by atoms with Crippen LogP contribution in [-0.2, 0) is 9.59 Å². The summed E-state index contributed by atoms with van der Waals surface area (Å²) in [5.74, 6) is 0.224. The van der Waals surface area contributed by atoms with Crippen molar-refractivity contribution in [1.82, 2.24) is 5.32 Å². The van der Waals surface area contributed by atoms with Crippen LogP contribution in [0.3, 0.4) is 0 Å². The molecule has 1 rings (SSSR count). The number of hydrogen-bond acceptors (Lipinski definition) is 3. The second kappa shape index (κ2) is 9.51. The molecule has 2 N–H and O–H groups in total. The third-order valence-corrected chi connectivity index (χ3v) is 4.43. The second-order valence-electron chi connectivity index (χ2n) is 5.82. The molecule has 2 unspecified atom stereocenters. The maximum Gasteiger partial charge on any atom is 0.308 e. The number of hydrogen-bond donors (Lipinski definition) is 2. The van der Waals surface area contributed by atoms with E-state index in [-0.39, 0.29) is 5.91 Å². The highest BCUT2D eigenvalue weighted by molar-refractivity contribution is 7.99. The molecule has 2 atom stereocenters. The number of amides is 1. The summed E-state index contributed by atoms with van der Waals surface area (Å²) in [5, 5.41) is 12.1. The van der Waals surface area contributed by atoms with Gasteiger partial charge < -0.3 is 10.4 Å². The number of aliphatic carboxylic acids is 1. The SMILES string of the molecule is CC(C)CCSCC(=O)NC(c1ccccc1)C(C)C(=O)O. The van der Waals surface area contributed by atoms with Gasteiger partial charge in [0.15, 0.2) is 0 Å². The lowest BCUT2D eigenvalue weighted by Gasteiger charge is -2.23. The second-order valence-corrected chi connectivity index (χ2v) is 6.92. The third-order valence-electron chi connectivity index (χ3n) is 3.44. The first kappa shape index (κ1) is 18.6. The van der Waals surface area contributed by atoms with Crippen LogP contribution < -0.4 is 5.32 Å². The van der Waals surface area contributed by atoms with E-state index < -0.39 is 17.9 Å². The van der Waals surface area contributed by atoms with Gasteiger partial charge in [-0.05, 0) is 30.6 Å². The molecule has 0 spiro atoms. The Balaban J connectivity index is 2.61. The summed E-state index contributed by atoms with van der Waals surface area (Å²) in [6, 6.07) is 8.75. The van der Waals surface area contributed by atoms with E-state index in [1.54, 1.807) is 18.7 Å². The highest BCUT2D eigenvalue weighted by Gasteiger charge is 2.26. The summed E-state index contributed by atoms with van der Waals surface area (Å²) in [5.41, 5.74) is 0.818. The monoisotopic (exact) mass is 323 g/mol. The normalized spacial score (nSPS) is 13.6. The van der Waals surface area contributed by atoms with Crippen LogP contribution in [0.25, 0.3) is 0 Å². The highest BCUT2D eigenvalue weighted by Crippen LogP contribution is 2.22. The first-order valence-electron chi connectivity index (χ1n) is 7.56. The molecule has 0 radical (unpaired) electrons. The maximum absolute atomic E-state index is 12.1. The van der Waals surface area contributed by atoms with Gasteiger partial charge in [-0.1, -0.05) is 44.2 Å². The summed E-state index contributed by atoms with van der Waals surface area (Å²) in [6.07, 6.45) is 1.07. The van der Waals surface area contributed by atoms with E-state index in [0.717, 1.165) is 17.7 Å². The summed E-state index contributed by atoms with van der Waals surface area (Å²) >= 11 is 1.59. The first-order chi connectivity index (χ1) is 10.4. The number of carbonyl (C=O) groups is 2. The van der Waals surface area contributed by atoms with Crippen molar-refractivity contribution in [3.8, 4) is 0 Å². The molecule has 0 aromatic heterocycles. The highest BCUT2D eigenvalue weighted by atomic mass is 32.2. The average molecular weight is 323 g/mol. The van der Waals surface area contributed by atoms with Crippen molar-refractivity contribution in [2.24, 2.45) is 11.8 Å². The van der Waals surface area contributed by atoms with Gasteiger partial charge in [0.05, 0.1) is 17.7 Å². The molecule has 4 nitrogen and oxygen atoms in total. The van der Waals surface area contributed by atoms with Gasteiger partial charge in [0, 0.05) is 0 Å². The molecule has 0 saturated carbocycles. The van der Waals surface area contributed by atoms with E-state index in [4.69, 9.17) is 0 Å². The molecule has 0 fully saturated rings. The minimum atomic E-state index is -0.915. The zero-order valence-corrected chi connectivity index (χ0v) is 14.2. The smallest absolute Gasteiger partial charge is 0.308 e. The largest absolute Gasteiger partial charge is 0.481 e. The Bertz CT molecular complexity index is 476. The molecule has 1 aromatic rings. The number of rotatable bonds is 9. The predicted molar refractivity (Wildman–Crippen MR) is 90.9 cm³/mol. The number of benzene rings is 1. The fourth-order valence-corrected chi connectivity index (χ4v) is 3.05. The van der Waals surface area contributed by atoms with Crippen LogP contribution in [0.1, 0.15) is 38.8 Å². The quantitative estimate of drug-likeness (QED) is 0.684. The van der Waals surface area contributed by atoms with Crippen molar-refractivity contribution in [3.63, 3.8) is 0 Å². The van der Waals surface area contributed by atoms with Gasteiger partial charge in [0.1, 0.15) is 0 Å². The molecule has 5 heteroatoms. The van der Waals surface area contributed by atoms with E-state index in [9.17, 15) is 14.7 Å². The average Bonchev–Trinajstić information content (AvgIpc) is 2.49. The summed E-state index contributed by atoms with van der Waals surface area (Å²) in [4.78, 5) is 23.3. The molecule has 0 aliphatic rings. The predicted octanol–water partition coefficient (Wildman–Crippen LogP) is 3.34. The molecule has 0 aliphatic carbocycles. The number of thioether (sulfide) groups is 1. The van der Waals surface area contributed by atoms with E-state index in [0.29, 0.717) is 11.7 Å². The van der Waals surface area contributed by atoms with Crippen LogP contribution in [0, 0.1) is 11.8 Å². The van der Waals surface area contributed by atoms with E-state index >= 15 is 0 Å². The van der Waals surface area contributed by atoms with Crippen molar-refractivity contribution in [1.29, 1.82) is 0 Å². The lowest BCUT2D eigenvalue weighted by Crippen LogP contribution is -2.36. The van der Waals surface area contributed by atoms with Gasteiger partial charge in [-0.25, -0.2) is 0 Å². The standard InChI is InChI=1S/C17H25NO3S/c1-12(2)9-10-22-11-15(19)18-16(13(3)17(20)21)14-7-5-4-6-8-14/h4-8,12-13,16H,9-11H2,1-3H3,(H,18,19)(H,20,21). The zero-order valence-electron chi connectivity index (χ0n) is 13.4. The molecule has 0 heterocycles. The lowest BCUT2D eigenvalue weighted by atomic mass is 9.94.